The van der Waals surface area contributed by atoms with Gasteiger partial charge < -0.3 is 15.0 Å². The van der Waals surface area contributed by atoms with E-state index in [9.17, 15) is 0 Å². The van der Waals surface area contributed by atoms with Gasteiger partial charge in [0, 0.05) is 16.3 Å². The van der Waals surface area contributed by atoms with E-state index in [1.165, 1.54) is 17.7 Å². The summed E-state index contributed by atoms with van der Waals surface area (Å²) in [6.07, 6.45) is 3.09. The van der Waals surface area contributed by atoms with Crippen LogP contribution < -0.4 is 10.1 Å². The lowest BCUT2D eigenvalue weighted by Crippen LogP contribution is -2.11. The number of ether oxygens (including phenoxy) is 1. The number of hydrogen-bond donors (Lipinski definition) is 2. The maximum Gasteiger partial charge on any atom is 0.273 e. The van der Waals surface area contributed by atoms with E-state index < -0.39 is 0 Å². The molecule has 0 radical (unpaired) electrons. The number of rotatable bonds is 5. The highest BCUT2D eigenvalue weighted by Gasteiger charge is 2.20. The molecular weight excluding hydrogens is 422 g/mol. The molecule has 0 amide bonds. The fourth-order valence-corrected chi connectivity index (χ4v) is 4.18. The molecule has 0 unspecified atom stereocenters. The molecule has 4 aromatic heterocycles. The Balaban J connectivity index is 1.64. The van der Waals surface area contributed by atoms with Gasteiger partial charge in [0.25, 0.3) is 5.19 Å². The molecule has 0 bridgehead atoms. The Morgan fingerprint density at radius 1 is 1.20 bits per heavy atom. The lowest BCUT2D eigenvalue weighted by Gasteiger charge is -2.18. The third-order valence-corrected chi connectivity index (χ3v) is 5.87. The van der Waals surface area contributed by atoms with Crippen LogP contribution in [0.15, 0.2) is 42.3 Å². The second kappa shape index (κ2) is 7.51. The van der Waals surface area contributed by atoms with Crippen LogP contribution in [0.2, 0.25) is 5.02 Å². The van der Waals surface area contributed by atoms with E-state index in [0.717, 1.165) is 33.4 Å². The number of halogens is 1. The summed E-state index contributed by atoms with van der Waals surface area (Å²) < 4.78 is 5.27. The van der Waals surface area contributed by atoms with Crippen molar-refractivity contribution in [2.45, 2.75) is 13.0 Å². The Bertz CT molecular complexity index is 1370. The standard InChI is InChI=1S/C20H16ClN7OS/c1-10(26-19-17-18(23-8-22-17)24-9-25-19)12-6-11-4-3-5-13(21)15(11)28-16(12)14-7-30-20(27-14)29-2/h3-10H,1-2H3,(H2,22,23,24,25,26)/t10-/m0/s1. The predicted molar refractivity (Wildman–Crippen MR) is 118 cm³/mol. The number of nitrogens with one attached hydrogen (secondary N) is 2. The van der Waals surface area contributed by atoms with Gasteiger partial charge in [-0.2, -0.15) is 0 Å². The molecule has 0 aliphatic heterocycles. The summed E-state index contributed by atoms with van der Waals surface area (Å²) in [4.78, 5) is 25.2. The molecule has 0 fully saturated rings. The number of imidazole rings is 1. The highest BCUT2D eigenvalue weighted by molar-refractivity contribution is 7.11. The van der Waals surface area contributed by atoms with Gasteiger partial charge in [0.1, 0.15) is 17.5 Å². The summed E-state index contributed by atoms with van der Waals surface area (Å²) >= 11 is 7.84. The van der Waals surface area contributed by atoms with E-state index in [1.807, 2.05) is 30.5 Å². The lowest BCUT2D eigenvalue weighted by atomic mass is 10.0. The number of para-hydroxylation sites is 1. The van der Waals surface area contributed by atoms with Gasteiger partial charge in [-0.25, -0.2) is 24.9 Å². The Labute approximate surface area is 180 Å². The van der Waals surface area contributed by atoms with Crippen LogP contribution in [-0.2, 0) is 0 Å². The van der Waals surface area contributed by atoms with Crippen molar-refractivity contribution in [1.29, 1.82) is 0 Å². The Kier molecular flexibility index (Phi) is 4.68. The third kappa shape index (κ3) is 3.21. The molecule has 0 saturated heterocycles. The van der Waals surface area contributed by atoms with E-state index in [2.05, 4.69) is 36.3 Å². The van der Waals surface area contributed by atoms with Crippen molar-refractivity contribution in [2.24, 2.45) is 0 Å². The number of nitrogens with zero attached hydrogens (tertiary/aromatic N) is 5. The zero-order valence-corrected chi connectivity index (χ0v) is 17.6. The minimum atomic E-state index is -0.134. The fraction of sp³-hybridized carbons (Fsp3) is 0.150. The van der Waals surface area contributed by atoms with Crippen LogP contribution in [0.3, 0.4) is 0 Å². The van der Waals surface area contributed by atoms with Crippen LogP contribution in [0.1, 0.15) is 18.5 Å². The first kappa shape index (κ1) is 18.7. The Morgan fingerprint density at radius 2 is 2.10 bits per heavy atom. The van der Waals surface area contributed by atoms with Crippen LogP contribution in [0.25, 0.3) is 33.5 Å². The quantitative estimate of drug-likeness (QED) is 0.404. The van der Waals surface area contributed by atoms with Gasteiger partial charge in [-0.1, -0.05) is 35.1 Å². The van der Waals surface area contributed by atoms with Crippen LogP contribution in [0, 0.1) is 0 Å². The summed E-state index contributed by atoms with van der Waals surface area (Å²) in [5.74, 6) is 0.665. The molecule has 30 heavy (non-hydrogen) atoms. The van der Waals surface area contributed by atoms with Crippen molar-refractivity contribution in [3.63, 3.8) is 0 Å². The zero-order chi connectivity index (χ0) is 20.7. The summed E-state index contributed by atoms with van der Waals surface area (Å²) in [6.45, 7) is 2.05. The van der Waals surface area contributed by atoms with Gasteiger partial charge in [0.15, 0.2) is 11.5 Å². The number of aromatic amines is 1. The van der Waals surface area contributed by atoms with E-state index in [1.54, 1.807) is 13.4 Å². The topological polar surface area (TPSA) is 102 Å². The second-order valence-electron chi connectivity index (χ2n) is 6.63. The summed E-state index contributed by atoms with van der Waals surface area (Å²) in [5.41, 5.74) is 4.52. The highest BCUT2D eigenvalue weighted by Crippen LogP contribution is 2.35. The van der Waals surface area contributed by atoms with Crippen LogP contribution >= 0.6 is 22.9 Å². The molecule has 5 rings (SSSR count). The number of thiazole rings is 1. The van der Waals surface area contributed by atoms with Gasteiger partial charge in [-0.05, 0) is 19.1 Å². The average molecular weight is 438 g/mol. The van der Waals surface area contributed by atoms with Crippen LogP contribution in [0.5, 0.6) is 5.19 Å². The number of aromatic nitrogens is 6. The molecule has 4 heterocycles. The molecule has 1 atom stereocenters. The number of benzene rings is 1. The molecule has 150 valence electrons. The fourth-order valence-electron chi connectivity index (χ4n) is 3.33. The number of pyridine rings is 1. The number of anilines is 1. The molecule has 0 aliphatic carbocycles. The van der Waals surface area contributed by atoms with Gasteiger partial charge >= 0.3 is 0 Å². The SMILES string of the molecule is COc1nc(-c2nc3c(Cl)cccc3cc2[C@H](C)Nc2ncnc3nc[nH]c23)cs1. The normalized spacial score (nSPS) is 12.4. The van der Waals surface area contributed by atoms with Crippen molar-refractivity contribution in [2.75, 3.05) is 12.4 Å². The molecular formula is C20H16ClN7OS. The van der Waals surface area contributed by atoms with E-state index in [-0.39, 0.29) is 6.04 Å². The van der Waals surface area contributed by atoms with E-state index in [4.69, 9.17) is 21.3 Å². The van der Waals surface area contributed by atoms with Gasteiger partial charge in [-0.15, -0.1) is 0 Å². The smallest absolute Gasteiger partial charge is 0.273 e. The Morgan fingerprint density at radius 3 is 2.93 bits per heavy atom. The molecule has 10 heteroatoms. The number of hydrogen-bond acceptors (Lipinski definition) is 8. The highest BCUT2D eigenvalue weighted by atomic mass is 35.5. The first-order chi connectivity index (χ1) is 14.6. The number of fused-ring (bicyclic) bond motifs is 2. The molecule has 5 aromatic rings. The molecule has 0 saturated carbocycles. The van der Waals surface area contributed by atoms with Crippen LogP contribution in [0.4, 0.5) is 5.82 Å². The maximum atomic E-state index is 6.41. The average Bonchev–Trinajstić information content (AvgIpc) is 3.43. The van der Waals surface area contributed by atoms with E-state index in [0.29, 0.717) is 21.7 Å². The van der Waals surface area contributed by atoms with Crippen LogP contribution in [-0.4, -0.2) is 37.0 Å². The summed E-state index contributed by atoms with van der Waals surface area (Å²) in [5, 5.41) is 7.50. The minimum Gasteiger partial charge on any atom is -0.473 e. The predicted octanol–water partition coefficient (Wildman–Crippen LogP) is 4.86. The van der Waals surface area contributed by atoms with E-state index >= 15 is 0 Å². The van der Waals surface area contributed by atoms with Crippen molar-refractivity contribution in [3.05, 3.63) is 52.9 Å². The second-order valence-corrected chi connectivity index (χ2v) is 7.86. The minimum absolute atomic E-state index is 0.134. The van der Waals surface area contributed by atoms with Crippen molar-refractivity contribution < 1.29 is 4.74 Å². The summed E-state index contributed by atoms with van der Waals surface area (Å²) in [6, 6.07) is 7.69. The number of methoxy groups -OCH3 is 1. The van der Waals surface area contributed by atoms with Crippen molar-refractivity contribution in [1.82, 2.24) is 29.9 Å². The maximum absolute atomic E-state index is 6.41. The number of H-pyrrole nitrogens is 1. The van der Waals surface area contributed by atoms with Gasteiger partial charge in [-0.3, -0.25) is 0 Å². The zero-order valence-electron chi connectivity index (χ0n) is 16.0. The largest absolute Gasteiger partial charge is 0.473 e. The molecule has 1 aromatic carbocycles. The molecule has 8 nitrogen and oxygen atoms in total. The monoisotopic (exact) mass is 437 g/mol. The molecule has 0 spiro atoms. The first-order valence-electron chi connectivity index (χ1n) is 9.13. The van der Waals surface area contributed by atoms with Gasteiger partial charge in [0.2, 0.25) is 0 Å². The van der Waals surface area contributed by atoms with Crippen molar-refractivity contribution >= 4 is 50.8 Å². The first-order valence-corrected chi connectivity index (χ1v) is 10.4. The molecule has 2 N–H and O–H groups in total. The molecule has 0 aliphatic rings. The van der Waals surface area contributed by atoms with Gasteiger partial charge in [0.05, 0.1) is 35.7 Å². The third-order valence-electron chi connectivity index (χ3n) is 4.77. The lowest BCUT2D eigenvalue weighted by molar-refractivity contribution is 0.412. The Hall–Kier alpha value is -3.30. The van der Waals surface area contributed by atoms with Crippen molar-refractivity contribution in [3.8, 4) is 16.6 Å². The summed E-state index contributed by atoms with van der Waals surface area (Å²) in [7, 11) is 1.60.